The van der Waals surface area contributed by atoms with E-state index in [0.717, 1.165) is 8.04 Å². The Balaban J connectivity index is 2.20. The molecule has 1 heterocycles. The van der Waals surface area contributed by atoms with Gasteiger partial charge in [-0.2, -0.15) is 0 Å². The van der Waals surface area contributed by atoms with Gasteiger partial charge in [0.2, 0.25) is 0 Å². The topological polar surface area (TPSA) is 20.3 Å². The Hall–Kier alpha value is -0.240. The van der Waals surface area contributed by atoms with Crippen molar-refractivity contribution in [3.05, 3.63) is 31.8 Å². The van der Waals surface area contributed by atoms with Gasteiger partial charge in [0.25, 0.3) is 11.8 Å². The van der Waals surface area contributed by atoms with Crippen LogP contribution in [0.3, 0.4) is 0 Å². The van der Waals surface area contributed by atoms with Crippen molar-refractivity contribution in [3.63, 3.8) is 0 Å². The summed E-state index contributed by atoms with van der Waals surface area (Å²) in [5, 5.41) is 0. The van der Waals surface area contributed by atoms with Crippen molar-refractivity contribution >= 4 is 44.4 Å². The minimum absolute atomic E-state index is 0.120. The highest BCUT2D eigenvalue weighted by Crippen LogP contribution is 2.28. The predicted octanol–water partition coefficient (Wildman–Crippen LogP) is 3.53. The molecule has 1 amide bonds. The van der Waals surface area contributed by atoms with E-state index in [-0.39, 0.29) is 18.9 Å². The molecule has 1 aromatic rings. The molecule has 1 aliphatic rings. The number of hydrogen-bond donors (Lipinski definition) is 0. The van der Waals surface area contributed by atoms with Gasteiger partial charge in [-0.15, -0.1) is 0 Å². The number of hydrogen-bond acceptors (Lipinski definition) is 1. The lowest BCUT2D eigenvalue weighted by Gasteiger charge is -2.16. The van der Waals surface area contributed by atoms with Gasteiger partial charge in [0.15, 0.2) is 0 Å². The summed E-state index contributed by atoms with van der Waals surface area (Å²) in [4.78, 5) is 13.2. The van der Waals surface area contributed by atoms with Crippen molar-refractivity contribution in [2.75, 3.05) is 13.1 Å². The van der Waals surface area contributed by atoms with Gasteiger partial charge in [-0.25, -0.2) is 8.78 Å². The molecule has 92 valence electrons. The number of carbonyl (C=O) groups excluding carboxylic acids is 1. The fourth-order valence-corrected chi connectivity index (χ4v) is 3.36. The fourth-order valence-electron chi connectivity index (χ4n) is 1.77. The maximum atomic E-state index is 13.0. The van der Waals surface area contributed by atoms with E-state index in [9.17, 15) is 13.6 Å². The fraction of sp³-hybridized carbons (Fsp3) is 0.364. The van der Waals surface area contributed by atoms with Gasteiger partial charge in [0.1, 0.15) is 0 Å². The van der Waals surface area contributed by atoms with Gasteiger partial charge in [-0.3, -0.25) is 4.79 Å². The van der Waals surface area contributed by atoms with Crippen molar-refractivity contribution in [1.82, 2.24) is 4.90 Å². The lowest BCUT2D eigenvalue weighted by Crippen LogP contribution is -2.31. The summed E-state index contributed by atoms with van der Waals surface area (Å²) in [6.07, 6.45) is -0.246. The van der Waals surface area contributed by atoms with Gasteiger partial charge < -0.3 is 4.90 Å². The van der Waals surface area contributed by atoms with Gasteiger partial charge in [-0.05, 0) is 40.8 Å². The number of halogens is 4. The van der Waals surface area contributed by atoms with Crippen molar-refractivity contribution < 1.29 is 13.6 Å². The van der Waals surface area contributed by atoms with Crippen molar-refractivity contribution in [2.24, 2.45) is 0 Å². The first-order valence-electron chi connectivity index (χ1n) is 5.01. The molecule has 0 bridgehead atoms. The zero-order valence-electron chi connectivity index (χ0n) is 8.72. The first-order chi connectivity index (χ1) is 7.87. The van der Waals surface area contributed by atoms with Crippen LogP contribution in [0.2, 0.25) is 0 Å². The maximum Gasteiger partial charge on any atom is 0.267 e. The van der Waals surface area contributed by atoms with Gasteiger partial charge in [-0.1, -0.05) is 15.9 Å². The smallest absolute Gasteiger partial charge is 0.267 e. The van der Waals surface area contributed by atoms with Crippen LogP contribution in [-0.2, 0) is 0 Å². The molecule has 1 aromatic carbocycles. The minimum Gasteiger partial charge on any atom is -0.332 e. The van der Waals surface area contributed by atoms with Crippen LogP contribution in [0.4, 0.5) is 8.78 Å². The molecule has 2 rings (SSSR count). The summed E-state index contributed by atoms with van der Waals surface area (Å²) in [7, 11) is 0. The largest absolute Gasteiger partial charge is 0.332 e. The summed E-state index contributed by atoms with van der Waals surface area (Å²) in [6, 6.07) is 5.21. The molecule has 0 atom stereocenters. The first kappa shape index (κ1) is 13.2. The Bertz CT molecular complexity index is 447. The molecular formula is C11H9BrF2INO. The molecular weight excluding hydrogens is 407 g/mol. The molecule has 17 heavy (non-hydrogen) atoms. The quantitative estimate of drug-likeness (QED) is 0.642. The maximum absolute atomic E-state index is 13.0. The molecule has 1 fully saturated rings. The highest BCUT2D eigenvalue weighted by atomic mass is 127. The Morgan fingerprint density at radius 1 is 1.41 bits per heavy atom. The Kier molecular flexibility index (Phi) is 3.72. The average Bonchev–Trinajstić information content (AvgIpc) is 2.56. The third kappa shape index (κ3) is 3.15. The molecule has 0 unspecified atom stereocenters. The van der Waals surface area contributed by atoms with Crippen LogP contribution in [0.1, 0.15) is 16.8 Å². The predicted molar refractivity (Wildman–Crippen MR) is 72.3 cm³/mol. The van der Waals surface area contributed by atoms with E-state index >= 15 is 0 Å². The molecule has 0 aliphatic carbocycles. The summed E-state index contributed by atoms with van der Waals surface area (Å²) >= 11 is 5.37. The van der Waals surface area contributed by atoms with Crippen LogP contribution in [0.15, 0.2) is 22.7 Å². The summed E-state index contributed by atoms with van der Waals surface area (Å²) in [5.74, 6) is -3.07. The number of likely N-dealkylation sites (tertiary alicyclic amines) is 1. The van der Waals surface area contributed by atoms with E-state index in [2.05, 4.69) is 38.5 Å². The third-order valence-corrected chi connectivity index (χ3v) is 3.65. The molecule has 0 N–H and O–H groups in total. The number of carbonyl (C=O) groups is 1. The standard InChI is InChI=1S/C11H9BrF2INO/c12-8-3-7(4-9(15)5-8)10(17)16-2-1-11(13,14)6-16/h3-5H,1-2,6H2. The second-order valence-electron chi connectivity index (χ2n) is 3.99. The minimum atomic E-state index is -2.74. The summed E-state index contributed by atoms with van der Waals surface area (Å²) in [6.45, 7) is -0.357. The monoisotopic (exact) mass is 415 g/mol. The third-order valence-electron chi connectivity index (χ3n) is 2.57. The van der Waals surface area contributed by atoms with E-state index in [0.29, 0.717) is 5.56 Å². The second kappa shape index (κ2) is 4.79. The normalized spacial score (nSPS) is 18.5. The molecule has 1 aliphatic heterocycles. The van der Waals surface area contributed by atoms with Gasteiger partial charge in [0, 0.05) is 26.6 Å². The average molecular weight is 416 g/mol. The SMILES string of the molecule is O=C(c1cc(Br)cc(I)c1)N1CCC(F)(F)C1. The van der Waals surface area contributed by atoms with Crippen LogP contribution < -0.4 is 0 Å². The highest BCUT2D eigenvalue weighted by Gasteiger charge is 2.40. The molecule has 0 radical (unpaired) electrons. The second-order valence-corrected chi connectivity index (χ2v) is 6.15. The molecule has 6 heteroatoms. The lowest BCUT2D eigenvalue weighted by atomic mass is 10.2. The molecule has 0 spiro atoms. The van der Waals surface area contributed by atoms with Crippen LogP contribution in [0, 0.1) is 3.57 Å². The van der Waals surface area contributed by atoms with Crippen LogP contribution in [0.5, 0.6) is 0 Å². The highest BCUT2D eigenvalue weighted by molar-refractivity contribution is 14.1. The van der Waals surface area contributed by atoms with Gasteiger partial charge >= 0.3 is 0 Å². The van der Waals surface area contributed by atoms with Gasteiger partial charge in [0.05, 0.1) is 6.54 Å². The van der Waals surface area contributed by atoms with E-state index < -0.39 is 12.5 Å². The van der Waals surface area contributed by atoms with Crippen molar-refractivity contribution in [1.29, 1.82) is 0 Å². The molecule has 1 saturated heterocycles. The zero-order valence-corrected chi connectivity index (χ0v) is 12.5. The van der Waals surface area contributed by atoms with Crippen LogP contribution in [-0.4, -0.2) is 29.8 Å². The lowest BCUT2D eigenvalue weighted by molar-refractivity contribution is 0.0120. The Morgan fingerprint density at radius 3 is 2.65 bits per heavy atom. The summed E-state index contributed by atoms with van der Waals surface area (Å²) < 4.78 is 27.7. The van der Waals surface area contributed by atoms with Crippen LogP contribution in [0.25, 0.3) is 0 Å². The van der Waals surface area contributed by atoms with E-state index in [4.69, 9.17) is 0 Å². The van der Waals surface area contributed by atoms with Crippen molar-refractivity contribution in [3.8, 4) is 0 Å². The Morgan fingerprint density at radius 2 is 2.12 bits per heavy atom. The van der Waals surface area contributed by atoms with E-state index in [1.165, 1.54) is 4.90 Å². The van der Waals surface area contributed by atoms with E-state index in [1.54, 1.807) is 12.1 Å². The number of benzene rings is 1. The zero-order chi connectivity index (χ0) is 12.6. The molecule has 0 aromatic heterocycles. The first-order valence-corrected chi connectivity index (χ1v) is 6.88. The number of nitrogens with zero attached hydrogens (tertiary/aromatic N) is 1. The number of amides is 1. The van der Waals surface area contributed by atoms with Crippen molar-refractivity contribution in [2.45, 2.75) is 12.3 Å². The van der Waals surface area contributed by atoms with Crippen LogP contribution >= 0.6 is 38.5 Å². The molecule has 2 nitrogen and oxygen atoms in total. The number of alkyl halides is 2. The molecule has 0 saturated carbocycles. The summed E-state index contributed by atoms with van der Waals surface area (Å²) in [5.41, 5.74) is 0.446. The Labute approximate surface area is 120 Å². The number of rotatable bonds is 1. The van der Waals surface area contributed by atoms with E-state index in [1.807, 2.05) is 6.07 Å².